The highest BCUT2D eigenvalue weighted by Gasteiger charge is 2.34. The quantitative estimate of drug-likeness (QED) is 0.820. The van der Waals surface area contributed by atoms with Crippen LogP contribution in [0.3, 0.4) is 0 Å². The van der Waals surface area contributed by atoms with E-state index in [-0.39, 0.29) is 19.1 Å². The lowest BCUT2D eigenvalue weighted by Crippen LogP contribution is -2.53. The summed E-state index contributed by atoms with van der Waals surface area (Å²) in [6.07, 6.45) is -1.08. The van der Waals surface area contributed by atoms with Crippen LogP contribution in [0.1, 0.15) is 25.7 Å². The Kier molecular flexibility index (Phi) is 4.98. The molecule has 0 aromatic carbocycles. The lowest BCUT2D eigenvalue weighted by molar-refractivity contribution is -0.148. The maximum absolute atomic E-state index is 12.3. The number of urea groups is 1. The second-order valence-corrected chi connectivity index (χ2v) is 5.94. The van der Waals surface area contributed by atoms with E-state index in [9.17, 15) is 23.1 Å². The third kappa shape index (κ3) is 5.03. The molecule has 21 heavy (non-hydrogen) atoms. The van der Waals surface area contributed by atoms with Gasteiger partial charge in [0.1, 0.15) is 0 Å². The van der Waals surface area contributed by atoms with Gasteiger partial charge in [-0.2, -0.15) is 13.2 Å². The first kappa shape index (κ1) is 16.4. The molecule has 2 fully saturated rings. The molecule has 0 spiro atoms. The second-order valence-electron chi connectivity index (χ2n) is 5.94. The summed E-state index contributed by atoms with van der Waals surface area (Å²) in [5, 5.41) is 12.6. The molecule has 2 aliphatic rings. The van der Waals surface area contributed by atoms with Crippen LogP contribution in [0.15, 0.2) is 0 Å². The van der Waals surface area contributed by atoms with Gasteiger partial charge in [-0.1, -0.05) is 0 Å². The molecule has 0 atom stereocenters. The van der Waals surface area contributed by atoms with Crippen molar-refractivity contribution in [3.63, 3.8) is 0 Å². The minimum absolute atomic E-state index is 0.233. The normalized spacial score (nSPS) is 22.8. The Balaban J connectivity index is 1.63. The monoisotopic (exact) mass is 309 g/mol. The molecule has 1 heterocycles. The van der Waals surface area contributed by atoms with Crippen molar-refractivity contribution in [2.24, 2.45) is 0 Å². The average Bonchev–Trinajstić information content (AvgIpc) is 2.35. The van der Waals surface area contributed by atoms with Crippen molar-refractivity contribution in [1.29, 1.82) is 0 Å². The van der Waals surface area contributed by atoms with Gasteiger partial charge in [-0.15, -0.1) is 0 Å². The number of hydrogen-bond acceptors (Lipinski definition) is 3. The summed E-state index contributed by atoms with van der Waals surface area (Å²) in [4.78, 5) is 14.7. The molecule has 0 aromatic heterocycles. The van der Waals surface area contributed by atoms with Crippen LogP contribution in [0.25, 0.3) is 0 Å². The molecule has 0 aromatic rings. The van der Waals surface area contributed by atoms with Crippen molar-refractivity contribution in [1.82, 2.24) is 15.1 Å². The maximum atomic E-state index is 12.3. The molecule has 1 saturated carbocycles. The lowest BCUT2D eigenvalue weighted by Gasteiger charge is -2.37. The largest absolute Gasteiger partial charge is 0.401 e. The maximum Gasteiger partial charge on any atom is 0.401 e. The summed E-state index contributed by atoms with van der Waals surface area (Å²) < 4.78 is 36.8. The summed E-state index contributed by atoms with van der Waals surface area (Å²) in [6.45, 7) is 0.541. The van der Waals surface area contributed by atoms with Gasteiger partial charge < -0.3 is 15.3 Å². The summed E-state index contributed by atoms with van der Waals surface area (Å²) in [7, 11) is 0. The fourth-order valence-electron chi connectivity index (χ4n) is 2.71. The van der Waals surface area contributed by atoms with Gasteiger partial charge in [-0.3, -0.25) is 4.90 Å². The highest BCUT2D eigenvalue weighted by Crippen LogP contribution is 2.34. The molecule has 1 aliphatic heterocycles. The Hall–Kier alpha value is -1.02. The molecule has 0 radical (unpaired) electrons. The Morgan fingerprint density at radius 3 is 2.29 bits per heavy atom. The van der Waals surface area contributed by atoms with E-state index in [1.807, 2.05) is 0 Å². The van der Waals surface area contributed by atoms with Gasteiger partial charge in [0.25, 0.3) is 0 Å². The number of nitrogens with one attached hydrogen (secondary N) is 1. The number of amides is 2. The summed E-state index contributed by atoms with van der Waals surface area (Å²) in [5.74, 6) is 0. The minimum atomic E-state index is -4.19. The van der Waals surface area contributed by atoms with E-state index in [4.69, 9.17) is 0 Å². The van der Waals surface area contributed by atoms with Crippen molar-refractivity contribution < 1.29 is 23.1 Å². The van der Waals surface area contributed by atoms with E-state index in [1.54, 1.807) is 0 Å². The third-order valence-electron chi connectivity index (χ3n) is 4.21. The predicted octanol–water partition coefficient (Wildman–Crippen LogP) is 1.18. The third-order valence-corrected chi connectivity index (χ3v) is 4.21. The molecule has 2 N–H and O–H groups in total. The molecule has 1 saturated heterocycles. The highest BCUT2D eigenvalue weighted by molar-refractivity contribution is 5.74. The van der Waals surface area contributed by atoms with Crippen molar-refractivity contribution in [3.8, 4) is 0 Å². The zero-order valence-electron chi connectivity index (χ0n) is 12.0. The molecule has 2 amide bonds. The molecule has 1 aliphatic carbocycles. The number of rotatable bonds is 4. The van der Waals surface area contributed by atoms with Crippen molar-refractivity contribution >= 4 is 6.03 Å². The van der Waals surface area contributed by atoms with Crippen LogP contribution in [0.5, 0.6) is 0 Å². The zero-order chi connectivity index (χ0) is 15.5. The van der Waals surface area contributed by atoms with Gasteiger partial charge in [0.2, 0.25) is 0 Å². The van der Waals surface area contributed by atoms with Crippen LogP contribution in [-0.4, -0.2) is 72.0 Å². The van der Waals surface area contributed by atoms with E-state index >= 15 is 0 Å². The standard InChI is InChI=1S/C13H22F3N3O2/c14-13(15,16)10-18-6-8-19(9-7-18)11(20)17-5-4-12(21)2-1-3-12/h21H,1-10H2,(H,17,20). The Morgan fingerprint density at radius 2 is 1.81 bits per heavy atom. The smallest absolute Gasteiger partial charge is 0.390 e. The fraction of sp³-hybridized carbons (Fsp3) is 0.923. The summed E-state index contributed by atoms with van der Waals surface area (Å²) >= 11 is 0. The van der Waals surface area contributed by atoms with Gasteiger partial charge in [0.15, 0.2) is 0 Å². The average molecular weight is 309 g/mol. The van der Waals surface area contributed by atoms with Crippen LogP contribution in [-0.2, 0) is 0 Å². The molecule has 2 rings (SSSR count). The van der Waals surface area contributed by atoms with Crippen LogP contribution < -0.4 is 5.32 Å². The van der Waals surface area contributed by atoms with Gasteiger partial charge >= 0.3 is 12.2 Å². The van der Waals surface area contributed by atoms with Gasteiger partial charge in [-0.05, 0) is 25.7 Å². The second kappa shape index (κ2) is 6.39. The van der Waals surface area contributed by atoms with E-state index in [1.165, 1.54) is 9.80 Å². The first-order valence-corrected chi connectivity index (χ1v) is 7.32. The number of halogens is 3. The van der Waals surface area contributed by atoms with Crippen LogP contribution in [0.2, 0.25) is 0 Å². The fourth-order valence-corrected chi connectivity index (χ4v) is 2.71. The predicted molar refractivity (Wildman–Crippen MR) is 70.9 cm³/mol. The molecule has 5 nitrogen and oxygen atoms in total. The Morgan fingerprint density at radius 1 is 1.19 bits per heavy atom. The zero-order valence-corrected chi connectivity index (χ0v) is 12.0. The summed E-state index contributed by atoms with van der Waals surface area (Å²) in [5.41, 5.74) is -0.626. The van der Waals surface area contributed by atoms with Crippen LogP contribution in [0, 0.1) is 0 Å². The van der Waals surface area contributed by atoms with Crippen LogP contribution >= 0.6 is 0 Å². The Bertz CT molecular complexity index is 364. The number of hydrogen-bond donors (Lipinski definition) is 2. The topological polar surface area (TPSA) is 55.8 Å². The number of nitrogens with zero attached hydrogens (tertiary/aromatic N) is 2. The first-order valence-electron chi connectivity index (χ1n) is 7.32. The Labute approximate surface area is 122 Å². The van der Waals surface area contributed by atoms with Gasteiger partial charge in [-0.25, -0.2) is 4.79 Å². The van der Waals surface area contributed by atoms with Crippen molar-refractivity contribution in [3.05, 3.63) is 0 Å². The SMILES string of the molecule is O=C(NCCC1(O)CCC1)N1CCN(CC(F)(F)F)CC1. The van der Waals surface area contributed by atoms with E-state index in [0.29, 0.717) is 26.1 Å². The lowest BCUT2D eigenvalue weighted by atomic mass is 9.78. The number of carbonyl (C=O) groups excluding carboxylic acids is 1. The van der Waals surface area contributed by atoms with Crippen LogP contribution in [0.4, 0.5) is 18.0 Å². The molecule has 122 valence electrons. The van der Waals surface area contributed by atoms with Gasteiger partial charge in [0, 0.05) is 32.7 Å². The number of piperazine rings is 1. The molecular formula is C13H22F3N3O2. The van der Waals surface area contributed by atoms with E-state index in [2.05, 4.69) is 5.32 Å². The first-order chi connectivity index (χ1) is 9.77. The molecule has 0 unspecified atom stereocenters. The number of aliphatic hydroxyl groups is 1. The molecule has 8 heteroatoms. The van der Waals surface area contributed by atoms with Crippen molar-refractivity contribution in [2.45, 2.75) is 37.5 Å². The van der Waals surface area contributed by atoms with Crippen molar-refractivity contribution in [2.75, 3.05) is 39.3 Å². The van der Waals surface area contributed by atoms with E-state index in [0.717, 1.165) is 19.3 Å². The number of alkyl halides is 3. The minimum Gasteiger partial charge on any atom is -0.390 e. The summed E-state index contributed by atoms with van der Waals surface area (Å²) in [6, 6.07) is -0.260. The van der Waals surface area contributed by atoms with Gasteiger partial charge in [0.05, 0.1) is 12.1 Å². The molecule has 0 bridgehead atoms. The number of carbonyl (C=O) groups is 1. The highest BCUT2D eigenvalue weighted by atomic mass is 19.4. The van der Waals surface area contributed by atoms with E-state index < -0.39 is 18.3 Å². The molecular weight excluding hydrogens is 287 g/mol.